The maximum atomic E-state index is 11.3. The number of carboxylic acid groups (broad SMARTS) is 2. The molecule has 0 saturated carbocycles. The van der Waals surface area contributed by atoms with Crippen molar-refractivity contribution >= 4 is 17.8 Å². The summed E-state index contributed by atoms with van der Waals surface area (Å²) in [4.78, 5) is 29.5. The molecule has 9 heteroatoms. The van der Waals surface area contributed by atoms with Gasteiger partial charge in [0.1, 0.15) is 5.75 Å². The third-order valence-corrected chi connectivity index (χ3v) is 2.90. The molecule has 1 unspecified atom stereocenters. The van der Waals surface area contributed by atoms with Crippen molar-refractivity contribution < 1.29 is 34.8 Å². The Morgan fingerprint density at radius 2 is 1.68 bits per heavy atom. The molecule has 25 heavy (non-hydrogen) atoms. The molecule has 0 aliphatic rings. The molecule has 0 spiro atoms. The topological polar surface area (TPSA) is 156 Å². The highest BCUT2D eigenvalue weighted by molar-refractivity contribution is 6.27. The van der Waals surface area contributed by atoms with Gasteiger partial charge in [-0.25, -0.2) is 9.59 Å². The third kappa shape index (κ3) is 10.7. The first-order valence-corrected chi connectivity index (χ1v) is 7.56. The Morgan fingerprint density at radius 3 is 2.16 bits per heavy atom. The van der Waals surface area contributed by atoms with Crippen molar-refractivity contribution in [1.29, 1.82) is 0 Å². The zero-order valence-corrected chi connectivity index (χ0v) is 14.1. The largest absolute Gasteiger partial charge is 0.508 e. The fourth-order valence-electron chi connectivity index (χ4n) is 1.57. The fourth-order valence-corrected chi connectivity index (χ4v) is 1.57. The Morgan fingerprint density at radius 1 is 1.08 bits per heavy atom. The van der Waals surface area contributed by atoms with Gasteiger partial charge in [0.2, 0.25) is 5.91 Å². The summed E-state index contributed by atoms with van der Waals surface area (Å²) in [5.41, 5.74) is 0.665. The van der Waals surface area contributed by atoms with Crippen LogP contribution in [-0.2, 0) is 14.4 Å². The fraction of sp³-hybridized carbons (Fsp3) is 0.438. The normalized spacial score (nSPS) is 11.2. The molecule has 0 fully saturated rings. The van der Waals surface area contributed by atoms with Crippen LogP contribution in [0.1, 0.15) is 25.5 Å². The van der Waals surface area contributed by atoms with Crippen LogP contribution in [-0.4, -0.2) is 57.9 Å². The number of aliphatic carboxylic acids is 2. The van der Waals surface area contributed by atoms with Crippen LogP contribution in [0.3, 0.4) is 0 Å². The number of phenolic OH excluding ortho intramolecular Hbond substituents is 1. The number of benzene rings is 1. The molecule has 0 bridgehead atoms. The average Bonchev–Trinajstić information content (AvgIpc) is 2.54. The van der Waals surface area contributed by atoms with Gasteiger partial charge in [0, 0.05) is 25.6 Å². The molecule has 1 aromatic carbocycles. The highest BCUT2D eigenvalue weighted by Crippen LogP contribution is 2.17. The number of carboxylic acids is 2. The van der Waals surface area contributed by atoms with E-state index in [1.165, 1.54) is 6.07 Å². The minimum absolute atomic E-state index is 0.0158. The van der Waals surface area contributed by atoms with Gasteiger partial charge in [-0.15, -0.1) is 0 Å². The minimum atomic E-state index is -1.82. The molecular weight excluding hydrogens is 332 g/mol. The lowest BCUT2D eigenvalue weighted by Crippen LogP contribution is -2.35. The van der Waals surface area contributed by atoms with E-state index in [2.05, 4.69) is 10.6 Å². The first-order valence-electron chi connectivity index (χ1n) is 7.56. The number of nitrogens with one attached hydrogen (secondary N) is 2. The van der Waals surface area contributed by atoms with Crippen molar-refractivity contribution in [1.82, 2.24) is 10.6 Å². The quantitative estimate of drug-likeness (QED) is 0.293. The summed E-state index contributed by atoms with van der Waals surface area (Å²) in [6.07, 6.45) is -0.673. The maximum Gasteiger partial charge on any atom is 0.414 e. The van der Waals surface area contributed by atoms with Gasteiger partial charge in [0.15, 0.2) is 0 Å². The summed E-state index contributed by atoms with van der Waals surface area (Å²) >= 11 is 0. The molecule has 1 aromatic rings. The lowest BCUT2D eigenvalue weighted by Gasteiger charge is -2.13. The second-order valence-electron chi connectivity index (χ2n) is 5.37. The van der Waals surface area contributed by atoms with Crippen molar-refractivity contribution in [3.8, 4) is 5.75 Å². The van der Waals surface area contributed by atoms with E-state index >= 15 is 0 Å². The first-order chi connectivity index (χ1) is 11.6. The first kappa shape index (κ1) is 22.4. The van der Waals surface area contributed by atoms with Crippen LogP contribution >= 0.6 is 0 Å². The van der Waals surface area contributed by atoms with E-state index in [1.807, 2.05) is 13.8 Å². The SMILES string of the molecule is CC(C)C(=O)NCCNCC(O)c1cccc(O)c1.O=C(O)C(=O)O. The van der Waals surface area contributed by atoms with Crippen molar-refractivity contribution in [2.24, 2.45) is 5.92 Å². The molecule has 1 rings (SSSR count). The molecule has 0 saturated heterocycles. The number of amides is 1. The number of hydrogen-bond donors (Lipinski definition) is 6. The second kappa shape index (κ2) is 11.8. The maximum absolute atomic E-state index is 11.3. The van der Waals surface area contributed by atoms with E-state index in [1.54, 1.807) is 18.2 Å². The number of phenols is 1. The van der Waals surface area contributed by atoms with E-state index in [9.17, 15) is 15.0 Å². The van der Waals surface area contributed by atoms with Crippen LogP contribution in [0.2, 0.25) is 0 Å². The van der Waals surface area contributed by atoms with Gasteiger partial charge < -0.3 is 31.1 Å². The Bertz CT molecular complexity index is 563. The Kier molecular flexibility index (Phi) is 10.6. The van der Waals surface area contributed by atoms with E-state index in [0.717, 1.165) is 0 Å². The Hall–Kier alpha value is -2.65. The van der Waals surface area contributed by atoms with Crippen LogP contribution < -0.4 is 10.6 Å². The van der Waals surface area contributed by atoms with Gasteiger partial charge in [-0.2, -0.15) is 0 Å². The molecule has 1 amide bonds. The summed E-state index contributed by atoms with van der Waals surface area (Å²) < 4.78 is 0. The van der Waals surface area contributed by atoms with Gasteiger partial charge in [0.05, 0.1) is 6.10 Å². The number of aliphatic hydroxyl groups is 1. The minimum Gasteiger partial charge on any atom is -0.508 e. The molecule has 0 aliphatic heterocycles. The van der Waals surface area contributed by atoms with Crippen LogP contribution in [0.4, 0.5) is 0 Å². The molecule has 1 atom stereocenters. The third-order valence-electron chi connectivity index (χ3n) is 2.90. The highest BCUT2D eigenvalue weighted by Gasteiger charge is 2.08. The van der Waals surface area contributed by atoms with Crippen molar-refractivity contribution in [3.05, 3.63) is 29.8 Å². The smallest absolute Gasteiger partial charge is 0.414 e. The summed E-state index contributed by atoms with van der Waals surface area (Å²) in [5, 5.41) is 39.8. The zero-order chi connectivity index (χ0) is 19.4. The van der Waals surface area contributed by atoms with Crippen LogP contribution in [0, 0.1) is 5.92 Å². The molecule has 6 N–H and O–H groups in total. The second-order valence-corrected chi connectivity index (χ2v) is 5.37. The number of carbonyl (C=O) groups is 3. The van der Waals surface area contributed by atoms with Crippen LogP contribution in [0.5, 0.6) is 5.75 Å². The number of aromatic hydroxyl groups is 1. The van der Waals surface area contributed by atoms with E-state index in [4.69, 9.17) is 19.8 Å². The predicted molar refractivity (Wildman–Crippen MR) is 89.1 cm³/mol. The summed E-state index contributed by atoms with van der Waals surface area (Å²) in [5.74, 6) is -3.50. The lowest BCUT2D eigenvalue weighted by atomic mass is 10.1. The standard InChI is InChI=1S/C14H22N2O3.C2H2O4/c1-10(2)14(19)16-7-6-15-9-13(18)11-4-3-5-12(17)8-11;3-1(4)2(5)6/h3-5,8,10,13,15,17-18H,6-7,9H2,1-2H3,(H,16,19);(H,3,4)(H,5,6). The molecule has 0 heterocycles. The monoisotopic (exact) mass is 356 g/mol. The van der Waals surface area contributed by atoms with Crippen molar-refractivity contribution in [2.45, 2.75) is 20.0 Å². The van der Waals surface area contributed by atoms with Gasteiger partial charge >= 0.3 is 11.9 Å². The zero-order valence-electron chi connectivity index (χ0n) is 14.1. The van der Waals surface area contributed by atoms with Crippen molar-refractivity contribution in [2.75, 3.05) is 19.6 Å². The van der Waals surface area contributed by atoms with E-state index in [-0.39, 0.29) is 17.6 Å². The molecule has 9 nitrogen and oxygen atoms in total. The van der Waals surface area contributed by atoms with Crippen LogP contribution in [0.15, 0.2) is 24.3 Å². The lowest BCUT2D eigenvalue weighted by molar-refractivity contribution is -0.159. The Balaban J connectivity index is 0.000000823. The van der Waals surface area contributed by atoms with Crippen molar-refractivity contribution in [3.63, 3.8) is 0 Å². The summed E-state index contributed by atoms with van der Waals surface area (Å²) in [6, 6.07) is 6.54. The predicted octanol–water partition coefficient (Wildman–Crippen LogP) is -0.0570. The molecule has 0 radical (unpaired) electrons. The number of hydrogen-bond acceptors (Lipinski definition) is 6. The van der Waals surface area contributed by atoms with E-state index < -0.39 is 18.0 Å². The number of rotatable bonds is 7. The van der Waals surface area contributed by atoms with Gasteiger partial charge in [-0.1, -0.05) is 26.0 Å². The van der Waals surface area contributed by atoms with Crippen LogP contribution in [0.25, 0.3) is 0 Å². The highest BCUT2D eigenvalue weighted by atomic mass is 16.4. The number of aliphatic hydroxyl groups excluding tert-OH is 1. The molecule has 140 valence electrons. The van der Waals surface area contributed by atoms with Gasteiger partial charge in [0.25, 0.3) is 0 Å². The summed E-state index contributed by atoms with van der Waals surface area (Å²) in [6.45, 7) is 5.18. The van der Waals surface area contributed by atoms with Gasteiger partial charge in [-0.3, -0.25) is 4.79 Å². The van der Waals surface area contributed by atoms with E-state index in [0.29, 0.717) is 25.2 Å². The molecule has 0 aliphatic carbocycles. The van der Waals surface area contributed by atoms with Gasteiger partial charge in [-0.05, 0) is 17.7 Å². The molecular formula is C16H24N2O7. The molecule has 0 aromatic heterocycles. The average molecular weight is 356 g/mol. The summed E-state index contributed by atoms with van der Waals surface area (Å²) in [7, 11) is 0. The number of carbonyl (C=O) groups excluding carboxylic acids is 1. The Labute approximate surface area is 145 Å².